The maximum Gasteiger partial charge on any atom is 0.310 e. The van der Waals surface area contributed by atoms with Crippen LogP contribution in [0.1, 0.15) is 36.1 Å². The van der Waals surface area contributed by atoms with E-state index in [2.05, 4.69) is 0 Å². The summed E-state index contributed by atoms with van der Waals surface area (Å²) in [5.74, 6) is -1.78. The summed E-state index contributed by atoms with van der Waals surface area (Å²) < 4.78 is 35.5. The molecule has 1 aromatic heterocycles. The molecule has 33 heavy (non-hydrogen) atoms. The van der Waals surface area contributed by atoms with Gasteiger partial charge in [0.05, 0.1) is 24.0 Å². The van der Waals surface area contributed by atoms with Gasteiger partial charge in [0.15, 0.2) is 15.6 Å². The number of hydrogen-bond acceptors (Lipinski definition) is 7. The molecule has 1 unspecified atom stereocenters. The van der Waals surface area contributed by atoms with E-state index in [4.69, 9.17) is 9.15 Å². The number of ether oxygens (including phenoxy) is 1. The Labute approximate surface area is 193 Å². The second kappa shape index (κ2) is 10.7. The lowest BCUT2D eigenvalue weighted by Gasteiger charge is -2.32. The van der Waals surface area contributed by atoms with Crippen molar-refractivity contribution in [3.63, 3.8) is 0 Å². The number of piperidine rings is 1. The second-order valence-electron chi connectivity index (χ2n) is 7.93. The fraction of sp³-hybridized carbons (Fsp3) is 0.435. The summed E-state index contributed by atoms with van der Waals surface area (Å²) in [6.45, 7) is 2.62. The van der Waals surface area contributed by atoms with Gasteiger partial charge in [0.25, 0.3) is 5.91 Å². The molecule has 1 fully saturated rings. The number of hydrogen-bond donors (Lipinski definition) is 0. The zero-order valence-corrected chi connectivity index (χ0v) is 19.5. The number of nitrogens with zero attached hydrogens (tertiary/aromatic N) is 2. The van der Waals surface area contributed by atoms with E-state index in [9.17, 15) is 22.8 Å². The Morgan fingerprint density at radius 1 is 1.15 bits per heavy atom. The molecule has 9 nitrogen and oxygen atoms in total. The van der Waals surface area contributed by atoms with Gasteiger partial charge in [-0.25, -0.2) is 8.42 Å². The number of amides is 2. The molecular weight excluding hydrogens is 448 g/mol. The van der Waals surface area contributed by atoms with Crippen molar-refractivity contribution in [3.05, 3.63) is 54.0 Å². The highest BCUT2D eigenvalue weighted by Crippen LogP contribution is 2.20. The van der Waals surface area contributed by atoms with Crippen LogP contribution in [-0.4, -0.2) is 69.3 Å². The van der Waals surface area contributed by atoms with E-state index in [1.807, 2.05) is 0 Å². The Morgan fingerprint density at radius 2 is 1.88 bits per heavy atom. The van der Waals surface area contributed by atoms with Crippen LogP contribution in [-0.2, 0) is 29.9 Å². The molecule has 0 bridgehead atoms. The van der Waals surface area contributed by atoms with Crippen molar-refractivity contribution in [3.8, 4) is 0 Å². The van der Waals surface area contributed by atoms with Crippen LogP contribution in [0.3, 0.4) is 0 Å². The highest BCUT2D eigenvalue weighted by atomic mass is 32.2. The van der Waals surface area contributed by atoms with Gasteiger partial charge in [0, 0.05) is 20.1 Å². The SMILES string of the molecule is CCOC(=O)C1CCCN(C(=O)CN(C)C(=O)c2ccc(CS(=O)(=O)c3ccccc3)o2)C1. The summed E-state index contributed by atoms with van der Waals surface area (Å²) >= 11 is 0. The minimum Gasteiger partial charge on any atom is -0.466 e. The lowest BCUT2D eigenvalue weighted by molar-refractivity contribution is -0.151. The number of likely N-dealkylation sites (tertiary alicyclic amines) is 1. The van der Waals surface area contributed by atoms with Crippen LogP contribution in [0.25, 0.3) is 0 Å². The topological polar surface area (TPSA) is 114 Å². The minimum atomic E-state index is -3.61. The predicted octanol–water partition coefficient (Wildman–Crippen LogP) is 2.13. The van der Waals surface area contributed by atoms with Crippen LogP contribution in [0.15, 0.2) is 51.8 Å². The third-order valence-corrected chi connectivity index (χ3v) is 7.08. The van der Waals surface area contributed by atoms with Crippen molar-refractivity contribution in [2.24, 2.45) is 5.92 Å². The van der Waals surface area contributed by atoms with E-state index < -0.39 is 15.7 Å². The Bertz CT molecular complexity index is 1100. The van der Waals surface area contributed by atoms with Crippen molar-refractivity contribution < 1.29 is 32.0 Å². The number of carbonyl (C=O) groups is 3. The summed E-state index contributed by atoms with van der Waals surface area (Å²) in [4.78, 5) is 40.3. The molecule has 1 saturated heterocycles. The monoisotopic (exact) mass is 476 g/mol. The number of benzene rings is 1. The summed E-state index contributed by atoms with van der Waals surface area (Å²) in [5, 5.41) is 0. The molecule has 2 aromatic rings. The molecule has 178 valence electrons. The van der Waals surface area contributed by atoms with Crippen molar-refractivity contribution in [1.29, 1.82) is 0 Å². The smallest absolute Gasteiger partial charge is 0.310 e. The fourth-order valence-electron chi connectivity index (χ4n) is 3.69. The van der Waals surface area contributed by atoms with Gasteiger partial charge >= 0.3 is 5.97 Å². The lowest BCUT2D eigenvalue weighted by Crippen LogP contribution is -2.47. The Balaban J connectivity index is 1.58. The molecule has 1 atom stereocenters. The molecule has 0 radical (unpaired) electrons. The summed E-state index contributed by atoms with van der Waals surface area (Å²) in [6, 6.07) is 10.8. The first-order valence-corrected chi connectivity index (χ1v) is 12.4. The molecule has 3 rings (SSSR count). The molecule has 0 saturated carbocycles. The van der Waals surface area contributed by atoms with Crippen LogP contribution in [0.2, 0.25) is 0 Å². The fourth-order valence-corrected chi connectivity index (χ4v) is 4.96. The Kier molecular flexibility index (Phi) is 7.91. The van der Waals surface area contributed by atoms with Crippen LogP contribution < -0.4 is 0 Å². The summed E-state index contributed by atoms with van der Waals surface area (Å²) in [6.07, 6.45) is 1.35. The van der Waals surface area contributed by atoms with E-state index in [-0.39, 0.29) is 59.7 Å². The summed E-state index contributed by atoms with van der Waals surface area (Å²) in [5.41, 5.74) is 0. The lowest BCUT2D eigenvalue weighted by atomic mass is 9.98. The molecule has 0 spiro atoms. The van der Waals surface area contributed by atoms with Gasteiger partial charge in [0.1, 0.15) is 11.5 Å². The van der Waals surface area contributed by atoms with Crippen LogP contribution in [0.5, 0.6) is 0 Å². The van der Waals surface area contributed by atoms with Gasteiger partial charge in [0.2, 0.25) is 5.91 Å². The number of rotatable bonds is 8. The molecule has 1 aromatic carbocycles. The maximum atomic E-state index is 12.7. The molecule has 10 heteroatoms. The molecule has 1 aliphatic rings. The van der Waals surface area contributed by atoms with E-state index in [0.29, 0.717) is 19.4 Å². The van der Waals surface area contributed by atoms with Gasteiger partial charge in [-0.2, -0.15) is 0 Å². The third kappa shape index (κ3) is 6.22. The van der Waals surface area contributed by atoms with Crippen molar-refractivity contribution in [1.82, 2.24) is 9.80 Å². The molecule has 1 aliphatic heterocycles. The number of likely N-dealkylation sites (N-methyl/N-ethyl adjacent to an activating group) is 1. The zero-order chi connectivity index (χ0) is 24.0. The normalized spacial score (nSPS) is 16.3. The van der Waals surface area contributed by atoms with E-state index in [0.717, 1.165) is 0 Å². The van der Waals surface area contributed by atoms with Crippen molar-refractivity contribution in [2.45, 2.75) is 30.4 Å². The van der Waals surface area contributed by atoms with Crippen LogP contribution in [0, 0.1) is 5.92 Å². The van der Waals surface area contributed by atoms with Gasteiger partial charge in [-0.1, -0.05) is 18.2 Å². The average Bonchev–Trinajstić information content (AvgIpc) is 3.27. The number of esters is 1. The number of sulfone groups is 1. The second-order valence-corrected chi connectivity index (χ2v) is 9.92. The van der Waals surface area contributed by atoms with E-state index in [1.54, 1.807) is 30.0 Å². The molecular formula is C23H28N2O7S. The highest BCUT2D eigenvalue weighted by Gasteiger charge is 2.30. The highest BCUT2D eigenvalue weighted by molar-refractivity contribution is 7.90. The largest absolute Gasteiger partial charge is 0.466 e. The Hall–Kier alpha value is -3.14. The zero-order valence-electron chi connectivity index (χ0n) is 18.7. The van der Waals surface area contributed by atoms with Crippen LogP contribution in [0.4, 0.5) is 0 Å². The Morgan fingerprint density at radius 3 is 2.58 bits per heavy atom. The first kappa shape index (κ1) is 24.5. The first-order valence-electron chi connectivity index (χ1n) is 10.8. The van der Waals surface area contributed by atoms with E-state index >= 15 is 0 Å². The average molecular weight is 477 g/mol. The first-order chi connectivity index (χ1) is 15.7. The molecule has 2 amide bonds. The number of carbonyl (C=O) groups excluding carboxylic acids is 3. The molecule has 0 aliphatic carbocycles. The summed E-state index contributed by atoms with van der Waals surface area (Å²) in [7, 11) is -2.15. The molecule has 0 N–H and O–H groups in total. The van der Waals surface area contributed by atoms with Crippen molar-refractivity contribution >= 4 is 27.6 Å². The van der Waals surface area contributed by atoms with Gasteiger partial charge in [-0.05, 0) is 44.0 Å². The van der Waals surface area contributed by atoms with Crippen molar-refractivity contribution in [2.75, 3.05) is 33.3 Å². The quantitative estimate of drug-likeness (QED) is 0.536. The minimum absolute atomic E-state index is 0.0494. The molecule has 2 heterocycles. The van der Waals surface area contributed by atoms with Gasteiger partial charge in [-0.3, -0.25) is 14.4 Å². The number of furan rings is 1. The maximum absolute atomic E-state index is 12.7. The van der Waals surface area contributed by atoms with E-state index in [1.165, 1.54) is 36.2 Å². The standard InChI is InChI=1S/C23H28N2O7S/c1-3-31-23(28)17-8-7-13-25(14-17)21(26)15-24(2)22(27)20-12-11-18(32-20)16-33(29,30)19-9-5-4-6-10-19/h4-6,9-12,17H,3,7-8,13-16H2,1-2H3. The van der Waals surface area contributed by atoms with Crippen LogP contribution >= 0.6 is 0 Å². The third-order valence-electron chi connectivity index (χ3n) is 5.42. The van der Waals surface area contributed by atoms with Gasteiger partial charge in [-0.15, -0.1) is 0 Å². The predicted molar refractivity (Wildman–Crippen MR) is 119 cm³/mol. The van der Waals surface area contributed by atoms with Gasteiger partial charge < -0.3 is 19.0 Å².